The van der Waals surface area contributed by atoms with Crippen molar-refractivity contribution < 1.29 is 0 Å². The first-order valence-electron chi connectivity index (χ1n) is 9.12. The number of hydrogen-bond acceptors (Lipinski definition) is 1. The van der Waals surface area contributed by atoms with Gasteiger partial charge in [0.25, 0.3) is 0 Å². The van der Waals surface area contributed by atoms with Gasteiger partial charge in [0, 0.05) is 0 Å². The average molecular weight is 270 g/mol. The minimum absolute atomic E-state index is 1.19. The van der Waals surface area contributed by atoms with Crippen LogP contribution in [0, 0.1) is 0 Å². The van der Waals surface area contributed by atoms with Crippen molar-refractivity contribution in [2.45, 2.75) is 104 Å². The Morgan fingerprint density at radius 3 is 1.26 bits per heavy atom. The van der Waals surface area contributed by atoms with Crippen LogP contribution in [0.2, 0.25) is 0 Å². The van der Waals surface area contributed by atoms with Crippen molar-refractivity contribution in [3.8, 4) is 0 Å². The topological polar surface area (TPSA) is 12.0 Å². The lowest BCUT2D eigenvalue weighted by Crippen LogP contribution is -2.15. The van der Waals surface area contributed by atoms with Gasteiger partial charge in [-0.3, -0.25) is 0 Å². The molecular formula is C18H39N. The summed E-state index contributed by atoms with van der Waals surface area (Å²) in [6, 6.07) is 0. The summed E-state index contributed by atoms with van der Waals surface area (Å²) in [6.45, 7) is 6.94. The summed E-state index contributed by atoms with van der Waals surface area (Å²) < 4.78 is 0. The highest BCUT2D eigenvalue weighted by Gasteiger charge is 1.93. The molecule has 0 aromatic carbocycles. The van der Waals surface area contributed by atoms with Crippen molar-refractivity contribution in [1.29, 1.82) is 0 Å². The Kier molecular flexibility index (Phi) is 17.9. The lowest BCUT2D eigenvalue weighted by molar-refractivity contribution is 0.532. The molecule has 0 saturated carbocycles. The van der Waals surface area contributed by atoms with Crippen LogP contribution < -0.4 is 5.32 Å². The van der Waals surface area contributed by atoms with Crippen LogP contribution in [0.1, 0.15) is 104 Å². The molecule has 0 atom stereocenters. The summed E-state index contributed by atoms with van der Waals surface area (Å²) in [4.78, 5) is 0. The van der Waals surface area contributed by atoms with E-state index in [2.05, 4.69) is 19.2 Å². The fraction of sp³-hybridized carbons (Fsp3) is 1.00. The van der Waals surface area contributed by atoms with E-state index in [0.29, 0.717) is 0 Å². The predicted molar refractivity (Wildman–Crippen MR) is 88.9 cm³/mol. The van der Waals surface area contributed by atoms with Crippen LogP contribution in [0.5, 0.6) is 0 Å². The zero-order valence-electron chi connectivity index (χ0n) is 13.8. The molecule has 116 valence electrons. The fourth-order valence-corrected chi connectivity index (χ4v) is 2.57. The van der Waals surface area contributed by atoms with E-state index in [1.54, 1.807) is 0 Å². The number of nitrogens with one attached hydrogen (secondary N) is 1. The van der Waals surface area contributed by atoms with Gasteiger partial charge in [0.1, 0.15) is 0 Å². The quantitative estimate of drug-likeness (QED) is 0.335. The number of rotatable bonds is 16. The van der Waals surface area contributed by atoms with Crippen LogP contribution in [0.15, 0.2) is 0 Å². The monoisotopic (exact) mass is 269 g/mol. The van der Waals surface area contributed by atoms with E-state index in [1.807, 2.05) is 0 Å². The lowest BCUT2D eigenvalue weighted by Gasteiger charge is -2.04. The maximum Gasteiger partial charge on any atom is -0.00489 e. The smallest absolute Gasteiger partial charge is 0.00489 e. The summed E-state index contributed by atoms with van der Waals surface area (Å²) in [7, 11) is 0. The molecule has 0 fully saturated rings. The Balaban J connectivity index is 2.88. The molecule has 19 heavy (non-hydrogen) atoms. The van der Waals surface area contributed by atoms with Gasteiger partial charge in [-0.1, -0.05) is 90.9 Å². The van der Waals surface area contributed by atoms with Gasteiger partial charge >= 0.3 is 0 Å². The van der Waals surface area contributed by atoms with Crippen molar-refractivity contribution in [2.75, 3.05) is 13.1 Å². The highest BCUT2D eigenvalue weighted by Crippen LogP contribution is 2.12. The zero-order chi connectivity index (χ0) is 14.0. The van der Waals surface area contributed by atoms with Crippen LogP contribution in [0.3, 0.4) is 0 Å². The van der Waals surface area contributed by atoms with Crippen LogP contribution in [-0.2, 0) is 0 Å². The Morgan fingerprint density at radius 2 is 0.842 bits per heavy atom. The molecule has 0 aliphatic heterocycles. The van der Waals surface area contributed by atoms with Crippen molar-refractivity contribution in [3.05, 3.63) is 0 Å². The van der Waals surface area contributed by atoms with Gasteiger partial charge in [-0.15, -0.1) is 0 Å². The van der Waals surface area contributed by atoms with Gasteiger partial charge in [-0.2, -0.15) is 0 Å². The van der Waals surface area contributed by atoms with Crippen molar-refractivity contribution in [2.24, 2.45) is 0 Å². The zero-order valence-corrected chi connectivity index (χ0v) is 13.8. The molecule has 0 rings (SSSR count). The Labute approximate surface area is 122 Å². The molecular weight excluding hydrogens is 230 g/mol. The summed E-state index contributed by atoms with van der Waals surface area (Å²) in [6.07, 6.45) is 20.1. The minimum Gasteiger partial charge on any atom is -0.317 e. The van der Waals surface area contributed by atoms with Crippen molar-refractivity contribution >= 4 is 0 Å². The number of hydrogen-bond donors (Lipinski definition) is 1. The summed E-state index contributed by atoms with van der Waals surface area (Å²) in [5, 5.41) is 3.47. The van der Waals surface area contributed by atoms with Gasteiger partial charge in [0.05, 0.1) is 0 Å². The first-order valence-corrected chi connectivity index (χ1v) is 9.12. The summed E-state index contributed by atoms with van der Waals surface area (Å²) in [5.41, 5.74) is 0. The number of unbranched alkanes of at least 4 members (excludes halogenated alkanes) is 12. The predicted octanol–water partition coefficient (Wildman–Crippen LogP) is 6.08. The Morgan fingerprint density at radius 1 is 0.421 bits per heavy atom. The molecule has 0 aliphatic carbocycles. The van der Waals surface area contributed by atoms with E-state index < -0.39 is 0 Å². The SMILES string of the molecule is CCCCCCCCCCCCCCCNCCC. The van der Waals surface area contributed by atoms with E-state index in [1.165, 1.54) is 103 Å². The van der Waals surface area contributed by atoms with E-state index >= 15 is 0 Å². The third-order valence-electron chi connectivity index (χ3n) is 3.88. The summed E-state index contributed by atoms with van der Waals surface area (Å²) >= 11 is 0. The largest absolute Gasteiger partial charge is 0.317 e. The van der Waals surface area contributed by atoms with Gasteiger partial charge < -0.3 is 5.32 Å². The van der Waals surface area contributed by atoms with Crippen LogP contribution in [0.25, 0.3) is 0 Å². The molecule has 0 aromatic heterocycles. The second-order valence-electron chi connectivity index (χ2n) is 5.99. The molecule has 0 aliphatic rings. The molecule has 0 spiro atoms. The maximum atomic E-state index is 3.47. The molecule has 1 heteroatoms. The van der Waals surface area contributed by atoms with Crippen molar-refractivity contribution in [3.63, 3.8) is 0 Å². The van der Waals surface area contributed by atoms with E-state index in [4.69, 9.17) is 0 Å². The molecule has 0 amide bonds. The molecule has 0 aromatic rings. The van der Waals surface area contributed by atoms with E-state index in [-0.39, 0.29) is 0 Å². The normalized spacial score (nSPS) is 11.1. The maximum absolute atomic E-state index is 3.47. The van der Waals surface area contributed by atoms with Gasteiger partial charge in [-0.05, 0) is 25.9 Å². The minimum atomic E-state index is 1.19. The fourth-order valence-electron chi connectivity index (χ4n) is 2.57. The Bertz CT molecular complexity index is 129. The third-order valence-corrected chi connectivity index (χ3v) is 3.88. The van der Waals surface area contributed by atoms with Crippen molar-refractivity contribution in [1.82, 2.24) is 5.32 Å². The molecule has 0 bridgehead atoms. The molecule has 0 heterocycles. The molecule has 1 N–H and O–H groups in total. The van der Waals surface area contributed by atoms with E-state index in [9.17, 15) is 0 Å². The third kappa shape index (κ3) is 18.0. The second-order valence-corrected chi connectivity index (χ2v) is 5.99. The lowest BCUT2D eigenvalue weighted by atomic mass is 10.0. The van der Waals surface area contributed by atoms with Crippen LogP contribution in [-0.4, -0.2) is 13.1 Å². The van der Waals surface area contributed by atoms with Crippen LogP contribution >= 0.6 is 0 Å². The van der Waals surface area contributed by atoms with Gasteiger partial charge in [0.15, 0.2) is 0 Å². The Hall–Kier alpha value is -0.0400. The average Bonchev–Trinajstić information content (AvgIpc) is 2.43. The molecule has 0 saturated heterocycles. The van der Waals surface area contributed by atoms with Gasteiger partial charge in [-0.25, -0.2) is 0 Å². The molecule has 0 unspecified atom stereocenters. The highest BCUT2D eigenvalue weighted by molar-refractivity contribution is 4.50. The first-order chi connectivity index (χ1) is 9.41. The first kappa shape index (κ1) is 19.0. The molecule has 1 nitrogen and oxygen atoms in total. The van der Waals surface area contributed by atoms with Gasteiger partial charge in [0.2, 0.25) is 0 Å². The standard InChI is InChI=1S/C18H39N/c1-3-5-6-7-8-9-10-11-12-13-14-15-16-18-19-17-4-2/h19H,3-18H2,1-2H3. The second kappa shape index (κ2) is 18.0. The molecule has 0 radical (unpaired) electrons. The highest BCUT2D eigenvalue weighted by atomic mass is 14.8. The van der Waals surface area contributed by atoms with Crippen LogP contribution in [0.4, 0.5) is 0 Å². The van der Waals surface area contributed by atoms with E-state index in [0.717, 1.165) is 0 Å². The summed E-state index contributed by atoms with van der Waals surface area (Å²) in [5.74, 6) is 0.